The average molecular weight is 476 g/mol. The van der Waals surface area contributed by atoms with Crippen molar-refractivity contribution in [1.29, 1.82) is 0 Å². The van der Waals surface area contributed by atoms with E-state index in [1.165, 1.54) is 39.9 Å². The van der Waals surface area contributed by atoms with Crippen LogP contribution in [0.5, 0.6) is 0 Å². The molecule has 0 amide bonds. The number of H-pyrrole nitrogens is 1. The Balaban J connectivity index is 1.65. The smallest absolute Gasteiger partial charge is 0.331 e. The molecular weight excluding hydrogens is 450 g/mol. The summed E-state index contributed by atoms with van der Waals surface area (Å²) in [5.74, 6) is -0.331. The maximum atomic E-state index is 12.5. The average Bonchev–Trinajstić information content (AvgIpc) is 3.05. The summed E-state index contributed by atoms with van der Waals surface area (Å²) in [6, 6.07) is 6.25. The molecule has 3 rings (SSSR count). The molecule has 0 saturated carbocycles. The van der Waals surface area contributed by atoms with Gasteiger partial charge in [-0.05, 0) is 43.2 Å². The number of nitrogens with zero attached hydrogens (tertiary/aromatic N) is 2. The molecule has 0 aliphatic carbocycles. The number of aryl methyl sites for hydroxylation is 2. The predicted molar refractivity (Wildman–Crippen MR) is 125 cm³/mol. The number of ether oxygens (including phenoxy) is 1. The Bertz CT molecular complexity index is 1320. The van der Waals surface area contributed by atoms with Crippen LogP contribution in [0.3, 0.4) is 0 Å². The van der Waals surface area contributed by atoms with E-state index in [4.69, 9.17) is 4.74 Å². The van der Waals surface area contributed by atoms with Gasteiger partial charge in [-0.2, -0.15) is 4.31 Å². The highest BCUT2D eigenvalue weighted by Gasteiger charge is 2.21. The lowest BCUT2D eigenvalue weighted by Gasteiger charge is -2.18. The Morgan fingerprint density at radius 2 is 1.84 bits per heavy atom. The van der Waals surface area contributed by atoms with E-state index in [1.54, 1.807) is 26.0 Å². The number of thiophene rings is 1. The zero-order chi connectivity index (χ0) is 23.5. The third-order valence-electron chi connectivity index (χ3n) is 5.07. The highest BCUT2D eigenvalue weighted by atomic mass is 32.2. The number of rotatable bonds is 8. The fourth-order valence-corrected chi connectivity index (χ4v) is 5.69. The number of hydrogen-bond acceptors (Lipinski definition) is 7. The lowest BCUT2D eigenvalue weighted by atomic mass is 10.2. The highest BCUT2D eigenvalue weighted by Crippen LogP contribution is 2.25. The molecule has 0 aliphatic heterocycles. The third-order valence-corrected chi connectivity index (χ3v) is 8.24. The fraction of sp³-hybridized carbons (Fsp3) is 0.318. The monoisotopic (exact) mass is 475 g/mol. The van der Waals surface area contributed by atoms with Crippen molar-refractivity contribution in [2.45, 2.75) is 39.2 Å². The fourth-order valence-electron chi connectivity index (χ4n) is 3.18. The van der Waals surface area contributed by atoms with Gasteiger partial charge in [-0.25, -0.2) is 18.2 Å². The van der Waals surface area contributed by atoms with E-state index in [1.807, 2.05) is 13.8 Å². The number of esters is 1. The minimum absolute atomic E-state index is 0.161. The molecule has 0 aliphatic rings. The second-order valence-electron chi connectivity index (χ2n) is 7.08. The van der Waals surface area contributed by atoms with Crippen molar-refractivity contribution in [2.24, 2.45) is 0 Å². The molecule has 2 heterocycles. The zero-order valence-corrected chi connectivity index (χ0v) is 20.0. The van der Waals surface area contributed by atoms with Gasteiger partial charge in [0.15, 0.2) is 0 Å². The van der Waals surface area contributed by atoms with E-state index in [9.17, 15) is 18.0 Å². The van der Waals surface area contributed by atoms with Gasteiger partial charge in [0.05, 0.1) is 10.3 Å². The number of aromatic nitrogens is 2. The Hall–Kier alpha value is -2.82. The molecule has 0 atom stereocenters. The van der Waals surface area contributed by atoms with Crippen LogP contribution in [0.1, 0.15) is 35.7 Å². The predicted octanol–water partition coefficient (Wildman–Crippen LogP) is 3.39. The molecule has 0 spiro atoms. The van der Waals surface area contributed by atoms with Crippen LogP contribution in [0.4, 0.5) is 0 Å². The number of sulfonamides is 1. The van der Waals surface area contributed by atoms with E-state index in [0.717, 1.165) is 10.4 Å². The lowest BCUT2D eigenvalue weighted by Crippen LogP contribution is -2.30. The summed E-state index contributed by atoms with van der Waals surface area (Å²) >= 11 is 1.42. The van der Waals surface area contributed by atoms with Crippen molar-refractivity contribution in [3.63, 3.8) is 0 Å². The van der Waals surface area contributed by atoms with E-state index in [2.05, 4.69) is 9.97 Å². The van der Waals surface area contributed by atoms with Crippen LogP contribution in [-0.4, -0.2) is 41.7 Å². The van der Waals surface area contributed by atoms with Crippen LogP contribution in [0.25, 0.3) is 16.3 Å². The SMILES string of the molecule is CCN(CC)S(=O)(=O)c1ccc(C=CC(=O)OCc2nc3sc(C)c(C)c3c(=O)[nH]2)cc1. The maximum absolute atomic E-state index is 12.5. The second kappa shape index (κ2) is 9.76. The molecular formula is C22H25N3O5S2. The lowest BCUT2D eigenvalue weighted by molar-refractivity contribution is -0.139. The van der Waals surface area contributed by atoms with Gasteiger partial charge in [-0.3, -0.25) is 4.79 Å². The zero-order valence-electron chi connectivity index (χ0n) is 18.3. The second-order valence-corrected chi connectivity index (χ2v) is 10.2. The topological polar surface area (TPSA) is 109 Å². The summed E-state index contributed by atoms with van der Waals surface area (Å²) in [6.45, 7) is 8.00. The van der Waals surface area contributed by atoms with E-state index in [-0.39, 0.29) is 22.9 Å². The van der Waals surface area contributed by atoms with Crippen LogP contribution in [0.15, 0.2) is 40.0 Å². The molecule has 0 bridgehead atoms. The van der Waals surface area contributed by atoms with E-state index < -0.39 is 16.0 Å². The molecule has 8 nitrogen and oxygen atoms in total. The number of carbonyl (C=O) groups is 1. The van der Waals surface area contributed by atoms with Crippen molar-refractivity contribution in [2.75, 3.05) is 13.1 Å². The summed E-state index contributed by atoms with van der Waals surface area (Å²) < 4.78 is 31.6. The first-order valence-electron chi connectivity index (χ1n) is 10.1. The Morgan fingerprint density at radius 3 is 2.47 bits per heavy atom. The first-order chi connectivity index (χ1) is 15.2. The summed E-state index contributed by atoms with van der Waals surface area (Å²) in [7, 11) is -3.53. The minimum Gasteiger partial charge on any atom is -0.454 e. The molecule has 0 unspecified atom stereocenters. The number of hydrogen-bond donors (Lipinski definition) is 1. The Morgan fingerprint density at radius 1 is 1.19 bits per heavy atom. The highest BCUT2D eigenvalue weighted by molar-refractivity contribution is 7.89. The molecule has 3 aromatic rings. The third kappa shape index (κ3) is 4.98. The summed E-state index contributed by atoms with van der Waals surface area (Å²) in [6.07, 6.45) is 2.77. The first-order valence-corrected chi connectivity index (χ1v) is 12.4. The molecule has 10 heteroatoms. The van der Waals surface area contributed by atoms with Crippen molar-refractivity contribution < 1.29 is 17.9 Å². The molecule has 1 aromatic carbocycles. The van der Waals surface area contributed by atoms with Gasteiger partial charge >= 0.3 is 5.97 Å². The quantitative estimate of drug-likeness (QED) is 0.395. The van der Waals surface area contributed by atoms with E-state index >= 15 is 0 Å². The van der Waals surface area contributed by atoms with Crippen molar-refractivity contribution in [3.05, 3.63) is 62.5 Å². The van der Waals surface area contributed by atoms with Gasteiger partial charge in [-0.1, -0.05) is 26.0 Å². The van der Waals surface area contributed by atoms with Crippen LogP contribution < -0.4 is 5.56 Å². The van der Waals surface area contributed by atoms with Crippen LogP contribution in [0, 0.1) is 13.8 Å². The van der Waals surface area contributed by atoms with Gasteiger partial charge in [0.1, 0.15) is 17.3 Å². The van der Waals surface area contributed by atoms with E-state index in [0.29, 0.717) is 28.9 Å². The van der Waals surface area contributed by atoms with Gasteiger partial charge in [-0.15, -0.1) is 11.3 Å². The summed E-state index contributed by atoms with van der Waals surface area (Å²) in [4.78, 5) is 33.2. The normalized spacial score (nSPS) is 12.2. The molecule has 2 aromatic heterocycles. The van der Waals surface area contributed by atoms with Crippen LogP contribution in [0.2, 0.25) is 0 Å². The van der Waals surface area contributed by atoms with Gasteiger partial charge < -0.3 is 9.72 Å². The molecule has 32 heavy (non-hydrogen) atoms. The molecule has 1 N–H and O–H groups in total. The first kappa shape index (κ1) is 23.8. The Kier molecular flexibility index (Phi) is 7.27. The molecule has 0 saturated heterocycles. The van der Waals surface area contributed by atoms with Crippen LogP contribution in [-0.2, 0) is 26.2 Å². The largest absolute Gasteiger partial charge is 0.454 e. The van der Waals surface area contributed by atoms with Crippen LogP contribution >= 0.6 is 11.3 Å². The van der Waals surface area contributed by atoms with Gasteiger partial charge in [0, 0.05) is 24.0 Å². The minimum atomic E-state index is -3.53. The number of benzene rings is 1. The van der Waals surface area contributed by atoms with Crippen molar-refractivity contribution >= 4 is 43.6 Å². The standard InChI is InChI=1S/C22H25N3O5S2/c1-5-25(6-2)32(28,29)17-10-7-16(8-11-17)9-12-19(26)30-13-18-23-21(27)20-14(3)15(4)31-22(20)24-18/h7-12H,5-6,13H2,1-4H3,(H,23,24,27). The summed E-state index contributed by atoms with van der Waals surface area (Å²) in [5, 5.41) is 0.564. The maximum Gasteiger partial charge on any atom is 0.331 e. The number of nitrogens with one attached hydrogen (secondary N) is 1. The molecule has 170 valence electrons. The van der Waals surface area contributed by atoms with Gasteiger partial charge in [0.2, 0.25) is 10.0 Å². The Labute approximate surface area is 190 Å². The van der Waals surface area contributed by atoms with Crippen molar-refractivity contribution in [1.82, 2.24) is 14.3 Å². The summed E-state index contributed by atoms with van der Waals surface area (Å²) in [5.41, 5.74) is 1.30. The number of fused-ring (bicyclic) bond motifs is 1. The van der Waals surface area contributed by atoms with Crippen molar-refractivity contribution in [3.8, 4) is 0 Å². The molecule has 0 radical (unpaired) electrons. The number of aromatic amines is 1. The number of carbonyl (C=O) groups excluding carboxylic acids is 1. The van der Waals surface area contributed by atoms with Gasteiger partial charge in [0.25, 0.3) is 5.56 Å². The molecule has 0 fully saturated rings.